The fraction of sp³-hybridized carbons (Fsp3) is 0.294. The van der Waals surface area contributed by atoms with Gasteiger partial charge in [0.25, 0.3) is 0 Å². The number of benzene rings is 1. The van der Waals surface area contributed by atoms with Crippen molar-refractivity contribution in [3.05, 3.63) is 35.4 Å². The summed E-state index contributed by atoms with van der Waals surface area (Å²) in [5.74, 6) is 8.31. The molecule has 0 aromatic heterocycles. The molecule has 1 aromatic rings. The maximum Gasteiger partial charge on any atom is 0.122 e. The van der Waals surface area contributed by atoms with Crippen LogP contribution in [0.3, 0.4) is 0 Å². The van der Waals surface area contributed by atoms with Gasteiger partial charge in [-0.05, 0) is 17.9 Å². The van der Waals surface area contributed by atoms with Crippen molar-refractivity contribution in [2.75, 3.05) is 0 Å². The van der Waals surface area contributed by atoms with E-state index in [1.54, 1.807) is 12.2 Å². The summed E-state index contributed by atoms with van der Waals surface area (Å²) in [4.78, 5) is 0. The molecule has 0 saturated carbocycles. The summed E-state index contributed by atoms with van der Waals surface area (Å²) < 4.78 is 0. The van der Waals surface area contributed by atoms with Gasteiger partial charge in [0, 0.05) is 23.7 Å². The number of hydrogen-bond acceptors (Lipinski definition) is 3. The molecule has 0 amide bonds. The number of aliphatic hydroxyl groups is 2. The van der Waals surface area contributed by atoms with E-state index in [1.165, 1.54) is 11.1 Å². The molecule has 0 fully saturated rings. The maximum atomic E-state index is 7.79. The van der Waals surface area contributed by atoms with E-state index in [2.05, 4.69) is 63.8 Å². The Morgan fingerprint density at radius 3 is 1.70 bits per heavy atom. The van der Waals surface area contributed by atoms with E-state index in [0.29, 0.717) is 0 Å². The van der Waals surface area contributed by atoms with Gasteiger partial charge in [0.15, 0.2) is 0 Å². The van der Waals surface area contributed by atoms with Crippen LogP contribution in [0.15, 0.2) is 24.3 Å². The summed E-state index contributed by atoms with van der Waals surface area (Å²) in [6.07, 6.45) is 3.11. The Morgan fingerprint density at radius 1 is 0.900 bits per heavy atom. The molecule has 0 radical (unpaired) electrons. The molecule has 0 saturated heterocycles. The van der Waals surface area contributed by atoms with Crippen LogP contribution in [0.4, 0.5) is 0 Å². The minimum atomic E-state index is 0. The van der Waals surface area contributed by atoms with Crippen LogP contribution >= 0.6 is 0 Å². The number of aryl methyl sites for hydroxylation is 1. The van der Waals surface area contributed by atoms with Gasteiger partial charge >= 0.3 is 0 Å². The lowest BCUT2D eigenvalue weighted by Crippen LogP contribution is -2.10. The summed E-state index contributed by atoms with van der Waals surface area (Å²) in [6, 6.07) is 8.69. The van der Waals surface area contributed by atoms with E-state index >= 15 is 0 Å². The van der Waals surface area contributed by atoms with Gasteiger partial charge in [-0.3, -0.25) is 0 Å². The van der Waals surface area contributed by atoms with Gasteiger partial charge in [-0.1, -0.05) is 50.6 Å². The van der Waals surface area contributed by atoms with Crippen LogP contribution < -0.4 is 6.15 Å². The molecule has 0 bridgehead atoms. The Hall–Kier alpha value is -2.54. The van der Waals surface area contributed by atoms with E-state index < -0.39 is 0 Å². The van der Waals surface area contributed by atoms with E-state index in [-0.39, 0.29) is 11.6 Å². The molecule has 0 spiro atoms. The summed E-state index contributed by atoms with van der Waals surface area (Å²) in [5.41, 5.74) is 3.04. The van der Waals surface area contributed by atoms with Gasteiger partial charge in [-0.15, -0.1) is 0 Å². The van der Waals surface area contributed by atoms with E-state index in [4.69, 9.17) is 10.2 Å². The Bertz CT molecular complexity index is 555. The van der Waals surface area contributed by atoms with Gasteiger partial charge in [0.1, 0.15) is 12.2 Å². The largest absolute Gasteiger partial charge is 0.461 e. The van der Waals surface area contributed by atoms with Crippen LogP contribution in [0.5, 0.6) is 0 Å². The highest BCUT2D eigenvalue weighted by Gasteiger charge is 2.12. The zero-order chi connectivity index (χ0) is 14.7. The monoisotopic (exact) mass is 271 g/mol. The first-order chi connectivity index (χ1) is 8.91. The van der Waals surface area contributed by atoms with Gasteiger partial charge in [0.2, 0.25) is 0 Å². The quantitative estimate of drug-likeness (QED) is 0.635. The lowest BCUT2D eigenvalue weighted by Gasteiger charge is -2.19. The van der Waals surface area contributed by atoms with Crippen LogP contribution in [0.25, 0.3) is 0 Å². The molecule has 0 atom stereocenters. The number of rotatable bonds is 0. The number of aliphatic hydroxyl groups excluding tert-OH is 2. The zero-order valence-electron chi connectivity index (χ0n) is 12.4. The molecule has 1 aromatic carbocycles. The van der Waals surface area contributed by atoms with Crippen molar-refractivity contribution in [1.82, 2.24) is 6.15 Å². The Morgan fingerprint density at radius 2 is 1.40 bits per heavy atom. The molecule has 106 valence electrons. The summed E-state index contributed by atoms with van der Waals surface area (Å²) >= 11 is 0. The minimum absolute atomic E-state index is 0. The molecule has 0 heterocycles. The second kappa shape index (κ2) is 10.4. The third-order valence-corrected chi connectivity index (χ3v) is 2.18. The lowest BCUT2D eigenvalue weighted by molar-refractivity contribution is 0.517. The van der Waals surface area contributed by atoms with Crippen LogP contribution in [0.2, 0.25) is 0 Å². The molecular weight excluding hydrogens is 250 g/mol. The first-order valence-corrected chi connectivity index (χ1v) is 5.77. The van der Waals surface area contributed by atoms with Crippen molar-refractivity contribution >= 4 is 0 Å². The van der Waals surface area contributed by atoms with E-state index in [1.807, 2.05) is 11.8 Å². The van der Waals surface area contributed by atoms with E-state index in [0.717, 1.165) is 0 Å². The Kier molecular flexibility index (Phi) is 10.3. The molecule has 0 aliphatic heterocycles. The average Bonchev–Trinajstić information content (AvgIpc) is 2.35. The van der Waals surface area contributed by atoms with Crippen molar-refractivity contribution in [1.29, 1.82) is 0 Å². The molecule has 5 N–H and O–H groups in total. The fourth-order valence-corrected chi connectivity index (χ4v) is 1.23. The van der Waals surface area contributed by atoms with Crippen LogP contribution in [-0.2, 0) is 5.41 Å². The van der Waals surface area contributed by atoms with Crippen molar-refractivity contribution in [2.24, 2.45) is 0 Å². The highest BCUT2D eigenvalue weighted by Crippen LogP contribution is 2.22. The smallest absolute Gasteiger partial charge is 0.122 e. The van der Waals surface area contributed by atoms with Crippen LogP contribution in [-0.4, -0.2) is 10.2 Å². The number of hydrogen-bond donors (Lipinski definition) is 3. The summed E-state index contributed by atoms with van der Waals surface area (Å²) in [6.45, 7) is 8.85. The fourth-order valence-electron chi connectivity index (χ4n) is 1.23. The van der Waals surface area contributed by atoms with Crippen LogP contribution in [0.1, 0.15) is 31.9 Å². The summed E-state index contributed by atoms with van der Waals surface area (Å²) in [5, 5.41) is 15.6. The van der Waals surface area contributed by atoms with Crippen molar-refractivity contribution in [3.8, 4) is 35.9 Å². The van der Waals surface area contributed by atoms with Gasteiger partial charge in [-0.2, -0.15) is 0 Å². The molecule has 3 heteroatoms. The lowest BCUT2D eigenvalue weighted by atomic mass is 9.86. The van der Waals surface area contributed by atoms with Gasteiger partial charge in [-0.25, -0.2) is 0 Å². The molecule has 1 rings (SSSR count). The average molecular weight is 271 g/mol. The second-order valence-electron chi connectivity index (χ2n) is 4.84. The second-order valence-corrected chi connectivity index (χ2v) is 4.84. The summed E-state index contributed by atoms with van der Waals surface area (Å²) in [7, 11) is 0. The van der Waals surface area contributed by atoms with E-state index in [9.17, 15) is 0 Å². The zero-order valence-corrected chi connectivity index (χ0v) is 12.4. The molecule has 20 heavy (non-hydrogen) atoms. The molecule has 3 nitrogen and oxygen atoms in total. The SMILES string of the molecule is Cc1cccc(C(C)(C)C)c1.N.OC#CC#CC#CO. The first-order valence-electron chi connectivity index (χ1n) is 5.77. The third-order valence-electron chi connectivity index (χ3n) is 2.18. The highest BCUT2D eigenvalue weighted by atomic mass is 16.2. The maximum absolute atomic E-state index is 7.79. The van der Waals surface area contributed by atoms with Crippen LogP contribution in [0, 0.1) is 42.8 Å². The van der Waals surface area contributed by atoms with Crippen molar-refractivity contribution < 1.29 is 10.2 Å². The molecule has 0 aliphatic carbocycles. The van der Waals surface area contributed by atoms with Gasteiger partial charge in [0.05, 0.1) is 0 Å². The Labute approximate surface area is 121 Å². The predicted molar refractivity (Wildman–Crippen MR) is 82.1 cm³/mol. The molecule has 0 aliphatic rings. The Balaban J connectivity index is 0. The third kappa shape index (κ3) is 9.49. The first kappa shape index (κ1) is 19.8. The highest BCUT2D eigenvalue weighted by molar-refractivity contribution is 5.33. The van der Waals surface area contributed by atoms with Crippen molar-refractivity contribution in [2.45, 2.75) is 33.1 Å². The minimum Gasteiger partial charge on any atom is -0.461 e. The predicted octanol–water partition coefficient (Wildman–Crippen LogP) is 3.11. The van der Waals surface area contributed by atoms with Gasteiger partial charge < -0.3 is 16.4 Å². The normalized spacial score (nSPS) is 7.80. The molecule has 0 unspecified atom stereocenters. The standard InChI is InChI=1S/C11H16.C6H2O2.H3N/c1-9-6-5-7-10(8-9)11(2,3)4;7-5-3-1-2-4-6-8;/h5-8H,1-4H3;7-8H;1H3. The molecular formula is C17H21NO2. The topological polar surface area (TPSA) is 75.5 Å². The van der Waals surface area contributed by atoms with Crippen molar-refractivity contribution in [3.63, 3.8) is 0 Å².